The minimum atomic E-state index is -0.413. The first kappa shape index (κ1) is 14.1. The van der Waals surface area contributed by atoms with Crippen LogP contribution < -0.4 is 0 Å². The standard InChI is InChI=1S/C8H8O2.C8H10/c9-6-8(10)7-4-2-1-3-5-7;1-7-3-5-8(2)6-4-7/h1-5,9H,6H2;3-6H,1-2H3. The van der Waals surface area contributed by atoms with E-state index in [0.29, 0.717) is 5.56 Å². The Morgan fingerprint density at radius 3 is 1.72 bits per heavy atom. The van der Waals surface area contributed by atoms with E-state index in [0.717, 1.165) is 0 Å². The molecular weight excluding hydrogens is 224 g/mol. The number of rotatable bonds is 2. The third kappa shape index (κ3) is 4.93. The van der Waals surface area contributed by atoms with E-state index in [1.807, 2.05) is 6.07 Å². The molecule has 0 aliphatic carbocycles. The van der Waals surface area contributed by atoms with Crippen LogP contribution in [0.2, 0.25) is 0 Å². The molecule has 0 amide bonds. The van der Waals surface area contributed by atoms with Crippen molar-refractivity contribution >= 4 is 5.78 Å². The van der Waals surface area contributed by atoms with Crippen LogP contribution in [-0.2, 0) is 0 Å². The maximum atomic E-state index is 10.8. The molecule has 0 unspecified atom stereocenters. The lowest BCUT2D eigenvalue weighted by molar-refractivity contribution is 0.0904. The molecule has 0 saturated carbocycles. The molecule has 2 heteroatoms. The first-order valence-electron chi connectivity index (χ1n) is 5.86. The van der Waals surface area contributed by atoms with Crippen LogP contribution in [0.25, 0.3) is 0 Å². The van der Waals surface area contributed by atoms with Gasteiger partial charge in [-0.25, -0.2) is 0 Å². The molecule has 0 fully saturated rings. The molecule has 2 nitrogen and oxygen atoms in total. The average molecular weight is 242 g/mol. The normalized spacial score (nSPS) is 9.28. The summed E-state index contributed by atoms with van der Waals surface area (Å²) in [6, 6.07) is 17.2. The number of benzene rings is 2. The van der Waals surface area contributed by atoms with Gasteiger partial charge in [0.25, 0.3) is 0 Å². The zero-order valence-corrected chi connectivity index (χ0v) is 10.8. The highest BCUT2D eigenvalue weighted by molar-refractivity contribution is 5.96. The van der Waals surface area contributed by atoms with Gasteiger partial charge in [-0.05, 0) is 13.8 Å². The van der Waals surface area contributed by atoms with Gasteiger partial charge in [0.1, 0.15) is 6.61 Å². The molecule has 1 N–H and O–H groups in total. The molecular formula is C16H18O2. The summed E-state index contributed by atoms with van der Waals surface area (Å²) in [5.41, 5.74) is 3.22. The SMILES string of the molecule is Cc1ccc(C)cc1.O=C(CO)c1ccccc1. The van der Waals surface area contributed by atoms with Gasteiger partial charge in [0.2, 0.25) is 0 Å². The molecule has 0 radical (unpaired) electrons. The first-order valence-corrected chi connectivity index (χ1v) is 5.86. The minimum Gasteiger partial charge on any atom is -0.388 e. The predicted octanol–water partition coefficient (Wildman–Crippen LogP) is 3.17. The van der Waals surface area contributed by atoms with Crippen LogP contribution in [0.1, 0.15) is 21.5 Å². The van der Waals surface area contributed by atoms with E-state index in [-0.39, 0.29) is 5.78 Å². The highest BCUT2D eigenvalue weighted by Gasteiger charge is 1.99. The second kappa shape index (κ2) is 7.41. The van der Waals surface area contributed by atoms with Crippen molar-refractivity contribution in [2.45, 2.75) is 13.8 Å². The summed E-state index contributed by atoms with van der Waals surface area (Å²) in [7, 11) is 0. The fraction of sp³-hybridized carbons (Fsp3) is 0.188. The lowest BCUT2D eigenvalue weighted by atomic mass is 10.1. The molecule has 0 aromatic heterocycles. The Labute approximate surface area is 108 Å². The van der Waals surface area contributed by atoms with Crippen molar-refractivity contribution in [3.05, 3.63) is 71.3 Å². The van der Waals surface area contributed by atoms with Gasteiger partial charge in [-0.2, -0.15) is 0 Å². The lowest BCUT2D eigenvalue weighted by Crippen LogP contribution is -2.02. The third-order valence-electron chi connectivity index (χ3n) is 2.46. The zero-order chi connectivity index (χ0) is 13.4. The highest BCUT2D eigenvalue weighted by atomic mass is 16.3. The van der Waals surface area contributed by atoms with Crippen molar-refractivity contribution in [1.82, 2.24) is 0 Å². The zero-order valence-electron chi connectivity index (χ0n) is 10.8. The van der Waals surface area contributed by atoms with Crippen LogP contribution >= 0.6 is 0 Å². The van der Waals surface area contributed by atoms with Crippen molar-refractivity contribution in [3.8, 4) is 0 Å². The Hall–Kier alpha value is -1.93. The second-order valence-corrected chi connectivity index (χ2v) is 4.10. The van der Waals surface area contributed by atoms with Crippen molar-refractivity contribution < 1.29 is 9.90 Å². The fourth-order valence-electron chi connectivity index (χ4n) is 1.35. The van der Waals surface area contributed by atoms with Gasteiger partial charge >= 0.3 is 0 Å². The van der Waals surface area contributed by atoms with E-state index < -0.39 is 6.61 Å². The predicted molar refractivity (Wildman–Crippen MR) is 73.8 cm³/mol. The Kier molecular flexibility index (Phi) is 5.81. The molecule has 0 atom stereocenters. The highest BCUT2D eigenvalue weighted by Crippen LogP contribution is 1.99. The Balaban J connectivity index is 0.000000184. The largest absolute Gasteiger partial charge is 0.388 e. The van der Waals surface area contributed by atoms with Crippen LogP contribution in [0.5, 0.6) is 0 Å². The Morgan fingerprint density at radius 2 is 1.33 bits per heavy atom. The fourth-order valence-corrected chi connectivity index (χ4v) is 1.35. The molecule has 2 aromatic rings. The van der Waals surface area contributed by atoms with Crippen LogP contribution in [-0.4, -0.2) is 17.5 Å². The summed E-state index contributed by atoms with van der Waals surface area (Å²) in [5, 5.41) is 8.44. The van der Waals surface area contributed by atoms with Crippen molar-refractivity contribution in [2.75, 3.05) is 6.61 Å². The molecule has 2 aromatic carbocycles. The van der Waals surface area contributed by atoms with Gasteiger partial charge in [-0.3, -0.25) is 4.79 Å². The number of carbonyl (C=O) groups is 1. The molecule has 0 bridgehead atoms. The van der Waals surface area contributed by atoms with Gasteiger partial charge in [0.05, 0.1) is 0 Å². The van der Waals surface area contributed by atoms with E-state index in [1.165, 1.54) is 11.1 Å². The number of hydrogen-bond acceptors (Lipinski definition) is 2. The van der Waals surface area contributed by atoms with E-state index in [9.17, 15) is 4.79 Å². The summed E-state index contributed by atoms with van der Waals surface area (Å²) in [6.07, 6.45) is 0. The number of hydrogen-bond donors (Lipinski definition) is 1. The summed E-state index contributed by atoms with van der Waals surface area (Å²) < 4.78 is 0. The summed E-state index contributed by atoms with van der Waals surface area (Å²) in [5.74, 6) is -0.236. The Bertz CT molecular complexity index is 451. The van der Waals surface area contributed by atoms with Crippen LogP contribution in [0.15, 0.2) is 54.6 Å². The van der Waals surface area contributed by atoms with Gasteiger partial charge in [-0.1, -0.05) is 65.7 Å². The van der Waals surface area contributed by atoms with Gasteiger partial charge in [0, 0.05) is 5.56 Å². The molecule has 94 valence electrons. The molecule has 0 heterocycles. The molecule has 0 aliphatic rings. The quantitative estimate of drug-likeness (QED) is 0.821. The summed E-state index contributed by atoms with van der Waals surface area (Å²) in [6.45, 7) is 3.78. The van der Waals surface area contributed by atoms with Gasteiger partial charge in [-0.15, -0.1) is 0 Å². The second-order valence-electron chi connectivity index (χ2n) is 4.10. The number of ketones is 1. The molecule has 0 saturated heterocycles. The number of aryl methyl sites for hydroxylation is 2. The summed E-state index contributed by atoms with van der Waals surface area (Å²) in [4.78, 5) is 10.8. The van der Waals surface area contributed by atoms with Gasteiger partial charge in [0.15, 0.2) is 5.78 Å². The molecule has 0 spiro atoms. The number of aliphatic hydroxyl groups is 1. The topological polar surface area (TPSA) is 37.3 Å². The van der Waals surface area contributed by atoms with E-state index in [2.05, 4.69) is 38.1 Å². The van der Waals surface area contributed by atoms with Crippen molar-refractivity contribution in [1.29, 1.82) is 0 Å². The minimum absolute atomic E-state index is 0.236. The third-order valence-corrected chi connectivity index (χ3v) is 2.46. The van der Waals surface area contributed by atoms with Crippen molar-refractivity contribution in [3.63, 3.8) is 0 Å². The molecule has 18 heavy (non-hydrogen) atoms. The molecule has 2 rings (SSSR count). The lowest BCUT2D eigenvalue weighted by Gasteiger charge is -1.93. The number of aliphatic hydroxyl groups excluding tert-OH is 1. The maximum absolute atomic E-state index is 10.8. The molecule has 0 aliphatic heterocycles. The average Bonchev–Trinajstić information content (AvgIpc) is 2.43. The maximum Gasteiger partial charge on any atom is 0.188 e. The monoisotopic (exact) mass is 242 g/mol. The number of carbonyl (C=O) groups excluding carboxylic acids is 1. The summed E-state index contributed by atoms with van der Waals surface area (Å²) >= 11 is 0. The van der Waals surface area contributed by atoms with Crippen molar-refractivity contribution in [2.24, 2.45) is 0 Å². The van der Waals surface area contributed by atoms with Crippen LogP contribution in [0.4, 0.5) is 0 Å². The van der Waals surface area contributed by atoms with E-state index in [1.54, 1.807) is 24.3 Å². The Morgan fingerprint density at radius 1 is 0.889 bits per heavy atom. The number of Topliss-reactive ketones (excluding diaryl/α,β-unsaturated/α-hetero) is 1. The van der Waals surface area contributed by atoms with E-state index in [4.69, 9.17) is 5.11 Å². The smallest absolute Gasteiger partial charge is 0.188 e. The van der Waals surface area contributed by atoms with E-state index >= 15 is 0 Å². The van der Waals surface area contributed by atoms with Crippen LogP contribution in [0.3, 0.4) is 0 Å². The van der Waals surface area contributed by atoms with Crippen LogP contribution in [0, 0.1) is 13.8 Å². The van der Waals surface area contributed by atoms with Gasteiger partial charge < -0.3 is 5.11 Å². The first-order chi connectivity index (χ1) is 8.63.